The molecule has 3 aromatic rings. The van der Waals surface area contributed by atoms with Crippen LogP contribution in [0, 0.1) is 5.82 Å². The Hall–Kier alpha value is -2.97. The molecule has 0 spiro atoms. The third-order valence-corrected chi connectivity index (χ3v) is 3.55. The normalized spacial score (nSPS) is 11.7. The minimum absolute atomic E-state index is 0.0550. The van der Waals surface area contributed by atoms with Gasteiger partial charge in [-0.05, 0) is 18.2 Å². The zero-order valence-electron chi connectivity index (χ0n) is 12.9. The minimum Gasteiger partial charge on any atom is -0.343 e. The number of fused-ring (bicyclic) bond motifs is 1. The maximum absolute atomic E-state index is 14.0. The number of nitrogens with zero attached hydrogens (tertiary/aromatic N) is 3. The fourth-order valence-electron chi connectivity index (χ4n) is 2.38. The molecule has 1 amide bonds. The summed E-state index contributed by atoms with van der Waals surface area (Å²) in [5.41, 5.74) is 0.473. The van der Waals surface area contributed by atoms with Crippen molar-refractivity contribution in [2.24, 2.45) is 7.05 Å². The van der Waals surface area contributed by atoms with Crippen molar-refractivity contribution < 1.29 is 22.4 Å². The van der Waals surface area contributed by atoms with E-state index in [0.29, 0.717) is 0 Å². The summed E-state index contributed by atoms with van der Waals surface area (Å²) in [7, 11) is 1.57. The van der Waals surface area contributed by atoms with Crippen LogP contribution in [0.2, 0.25) is 0 Å². The molecular weight excluding hydrogens is 340 g/mol. The van der Waals surface area contributed by atoms with Crippen molar-refractivity contribution in [3.63, 3.8) is 0 Å². The number of rotatable bonds is 3. The Labute approximate surface area is 139 Å². The van der Waals surface area contributed by atoms with Crippen molar-refractivity contribution in [2.75, 3.05) is 6.54 Å². The second kappa shape index (κ2) is 6.15. The molecule has 5 nitrogen and oxygen atoms in total. The van der Waals surface area contributed by atoms with Crippen molar-refractivity contribution in [1.29, 1.82) is 0 Å². The summed E-state index contributed by atoms with van der Waals surface area (Å²) in [6, 6.07) is 7.05. The molecule has 0 atom stereocenters. The predicted molar refractivity (Wildman–Crippen MR) is 82.3 cm³/mol. The molecule has 1 N–H and O–H groups in total. The first-order chi connectivity index (χ1) is 11.8. The highest BCUT2D eigenvalue weighted by Gasteiger charge is 2.28. The Morgan fingerprint density at radius 3 is 2.68 bits per heavy atom. The number of benzene rings is 1. The van der Waals surface area contributed by atoms with Crippen molar-refractivity contribution in [3.05, 3.63) is 47.9 Å². The third kappa shape index (κ3) is 3.44. The predicted octanol–water partition coefficient (Wildman–Crippen LogP) is 3.07. The smallest absolute Gasteiger partial charge is 0.343 e. The standard InChI is InChI=1S/C16H12F4N4O/c1-24-14-11(7-22-24)10(15(25)21-8-16(18,19)20)6-13(23-14)9-4-2-3-5-12(9)17/h2-7H,8H2,1H3,(H,21,25). The summed E-state index contributed by atoms with van der Waals surface area (Å²) in [6.45, 7) is -1.47. The molecule has 1 aromatic carbocycles. The van der Waals surface area contributed by atoms with Crippen LogP contribution in [-0.4, -0.2) is 33.4 Å². The van der Waals surface area contributed by atoms with Gasteiger partial charge >= 0.3 is 6.18 Å². The monoisotopic (exact) mass is 352 g/mol. The van der Waals surface area contributed by atoms with Gasteiger partial charge in [-0.2, -0.15) is 18.3 Å². The number of hydrogen-bond acceptors (Lipinski definition) is 3. The van der Waals surface area contributed by atoms with Gasteiger partial charge in [0.25, 0.3) is 5.91 Å². The summed E-state index contributed by atoms with van der Waals surface area (Å²) in [4.78, 5) is 16.5. The topological polar surface area (TPSA) is 59.8 Å². The first-order valence-electron chi connectivity index (χ1n) is 7.19. The lowest BCUT2D eigenvalue weighted by Gasteiger charge is -2.11. The SMILES string of the molecule is Cn1ncc2c(C(=O)NCC(F)(F)F)cc(-c3ccccc3F)nc21. The highest BCUT2D eigenvalue weighted by molar-refractivity contribution is 6.06. The van der Waals surface area contributed by atoms with Gasteiger partial charge in [0.2, 0.25) is 0 Å². The van der Waals surface area contributed by atoms with E-state index >= 15 is 0 Å². The molecule has 25 heavy (non-hydrogen) atoms. The number of aryl methyl sites for hydroxylation is 1. The number of nitrogens with one attached hydrogen (secondary N) is 1. The van der Waals surface area contributed by atoms with Crippen molar-refractivity contribution >= 4 is 16.9 Å². The van der Waals surface area contributed by atoms with Crippen LogP contribution < -0.4 is 5.32 Å². The first-order valence-corrected chi connectivity index (χ1v) is 7.19. The van der Waals surface area contributed by atoms with Gasteiger partial charge in [-0.15, -0.1) is 0 Å². The molecule has 0 aliphatic rings. The quantitative estimate of drug-likeness (QED) is 0.737. The van der Waals surface area contributed by atoms with Crippen LogP contribution in [0.25, 0.3) is 22.3 Å². The number of hydrogen-bond donors (Lipinski definition) is 1. The van der Waals surface area contributed by atoms with E-state index in [4.69, 9.17) is 0 Å². The third-order valence-electron chi connectivity index (χ3n) is 3.55. The Morgan fingerprint density at radius 2 is 2.00 bits per heavy atom. The van der Waals surface area contributed by atoms with Crippen LogP contribution in [0.1, 0.15) is 10.4 Å². The van der Waals surface area contributed by atoms with E-state index in [1.807, 2.05) is 5.32 Å². The Kier molecular flexibility index (Phi) is 4.15. The highest BCUT2D eigenvalue weighted by atomic mass is 19.4. The van der Waals surface area contributed by atoms with Gasteiger partial charge in [0.05, 0.1) is 22.8 Å². The summed E-state index contributed by atoms with van der Waals surface area (Å²) >= 11 is 0. The summed E-state index contributed by atoms with van der Waals surface area (Å²) in [5.74, 6) is -1.49. The van der Waals surface area contributed by atoms with E-state index < -0.39 is 24.4 Å². The molecule has 0 saturated heterocycles. The van der Waals surface area contributed by atoms with Crippen LogP contribution in [-0.2, 0) is 7.05 Å². The van der Waals surface area contributed by atoms with Gasteiger partial charge in [-0.25, -0.2) is 9.37 Å². The summed E-state index contributed by atoms with van der Waals surface area (Å²) < 4.78 is 52.4. The molecular formula is C16H12F4N4O. The fraction of sp³-hybridized carbons (Fsp3) is 0.188. The van der Waals surface area contributed by atoms with E-state index in [9.17, 15) is 22.4 Å². The fourth-order valence-corrected chi connectivity index (χ4v) is 2.38. The van der Waals surface area contributed by atoms with Crippen LogP contribution in [0.5, 0.6) is 0 Å². The van der Waals surface area contributed by atoms with Gasteiger partial charge in [-0.1, -0.05) is 12.1 Å². The minimum atomic E-state index is -4.54. The Bertz CT molecular complexity index is 949. The zero-order valence-corrected chi connectivity index (χ0v) is 12.9. The van der Waals surface area contributed by atoms with E-state index in [2.05, 4.69) is 10.1 Å². The Morgan fingerprint density at radius 1 is 1.28 bits per heavy atom. The maximum Gasteiger partial charge on any atom is 0.405 e. The van der Waals surface area contributed by atoms with Gasteiger partial charge in [-0.3, -0.25) is 9.48 Å². The molecule has 0 unspecified atom stereocenters. The van der Waals surface area contributed by atoms with Crippen molar-refractivity contribution in [3.8, 4) is 11.3 Å². The number of carbonyl (C=O) groups excluding carboxylic acids is 1. The molecule has 0 aliphatic heterocycles. The molecule has 2 aromatic heterocycles. The molecule has 3 rings (SSSR count). The number of aromatic nitrogens is 3. The molecule has 0 bridgehead atoms. The lowest BCUT2D eigenvalue weighted by Crippen LogP contribution is -2.33. The van der Waals surface area contributed by atoms with Gasteiger partial charge in [0.1, 0.15) is 12.4 Å². The largest absolute Gasteiger partial charge is 0.405 e. The second-order valence-electron chi connectivity index (χ2n) is 5.34. The van der Waals surface area contributed by atoms with E-state index in [-0.39, 0.29) is 27.9 Å². The number of pyridine rings is 1. The lowest BCUT2D eigenvalue weighted by atomic mass is 10.1. The zero-order chi connectivity index (χ0) is 18.2. The molecule has 0 saturated carbocycles. The van der Waals surface area contributed by atoms with Crippen molar-refractivity contribution in [2.45, 2.75) is 6.18 Å². The Balaban J connectivity index is 2.11. The number of carbonyl (C=O) groups is 1. The first kappa shape index (κ1) is 16.9. The van der Waals surface area contributed by atoms with Crippen LogP contribution in [0.3, 0.4) is 0 Å². The average Bonchev–Trinajstić information content (AvgIpc) is 2.93. The van der Waals surface area contributed by atoms with E-state index in [0.717, 1.165) is 0 Å². The number of halogens is 4. The van der Waals surface area contributed by atoms with Gasteiger partial charge in [0, 0.05) is 12.6 Å². The van der Waals surface area contributed by atoms with Crippen LogP contribution in [0.4, 0.5) is 17.6 Å². The number of alkyl halides is 3. The molecule has 0 radical (unpaired) electrons. The van der Waals surface area contributed by atoms with E-state index in [1.165, 1.54) is 35.1 Å². The molecule has 0 fully saturated rings. The highest BCUT2D eigenvalue weighted by Crippen LogP contribution is 2.26. The summed E-state index contributed by atoms with van der Waals surface area (Å²) in [5, 5.41) is 6.05. The molecule has 2 heterocycles. The summed E-state index contributed by atoms with van der Waals surface area (Å²) in [6.07, 6.45) is -3.21. The van der Waals surface area contributed by atoms with Crippen molar-refractivity contribution in [1.82, 2.24) is 20.1 Å². The second-order valence-corrected chi connectivity index (χ2v) is 5.34. The van der Waals surface area contributed by atoms with Gasteiger partial charge in [0.15, 0.2) is 5.65 Å². The van der Waals surface area contributed by atoms with Crippen LogP contribution in [0.15, 0.2) is 36.5 Å². The number of amides is 1. The van der Waals surface area contributed by atoms with E-state index in [1.54, 1.807) is 13.1 Å². The lowest BCUT2D eigenvalue weighted by molar-refractivity contribution is -0.123. The van der Waals surface area contributed by atoms with Crippen LogP contribution >= 0.6 is 0 Å². The molecule has 130 valence electrons. The average molecular weight is 352 g/mol. The van der Waals surface area contributed by atoms with Gasteiger partial charge < -0.3 is 5.32 Å². The molecule has 9 heteroatoms. The maximum atomic E-state index is 14.0. The molecule has 0 aliphatic carbocycles.